The van der Waals surface area contributed by atoms with E-state index in [0.717, 1.165) is 43.8 Å². The van der Waals surface area contributed by atoms with Crippen LogP contribution in [0.25, 0.3) is 10.9 Å². The summed E-state index contributed by atoms with van der Waals surface area (Å²) in [5, 5.41) is 1.81. The molecule has 1 aromatic heterocycles. The SMILES string of the molecule is Cc1cccc(N2CC[NH+](Cc3cc4ccccc4nc3Cl)CC2)c1C. The average molecular weight is 367 g/mol. The van der Waals surface area contributed by atoms with Crippen molar-refractivity contribution in [1.82, 2.24) is 4.98 Å². The van der Waals surface area contributed by atoms with Crippen molar-refractivity contribution in [1.29, 1.82) is 0 Å². The van der Waals surface area contributed by atoms with E-state index in [1.165, 1.54) is 22.2 Å². The van der Waals surface area contributed by atoms with E-state index in [2.05, 4.69) is 60.1 Å². The fourth-order valence-corrected chi connectivity index (χ4v) is 4.06. The molecule has 0 radical (unpaired) electrons. The molecule has 3 aromatic rings. The zero-order chi connectivity index (χ0) is 18.1. The van der Waals surface area contributed by atoms with Gasteiger partial charge in [-0.05, 0) is 43.2 Å². The van der Waals surface area contributed by atoms with Crippen LogP contribution in [0.3, 0.4) is 0 Å². The summed E-state index contributed by atoms with van der Waals surface area (Å²) in [5.74, 6) is 0. The minimum Gasteiger partial charge on any atom is -0.360 e. The Hall–Kier alpha value is -2.10. The molecule has 0 atom stereocenters. The van der Waals surface area contributed by atoms with Crippen molar-refractivity contribution in [2.75, 3.05) is 31.1 Å². The van der Waals surface area contributed by atoms with Gasteiger partial charge in [-0.2, -0.15) is 0 Å². The number of quaternary nitrogens is 1. The van der Waals surface area contributed by atoms with Gasteiger partial charge in [0.1, 0.15) is 11.7 Å². The van der Waals surface area contributed by atoms with Gasteiger partial charge in [0.25, 0.3) is 0 Å². The van der Waals surface area contributed by atoms with Gasteiger partial charge in [0.2, 0.25) is 0 Å². The molecule has 0 bridgehead atoms. The lowest BCUT2D eigenvalue weighted by Gasteiger charge is -2.34. The minimum atomic E-state index is 0.646. The Kier molecular flexibility index (Phi) is 4.84. The lowest BCUT2D eigenvalue weighted by molar-refractivity contribution is -0.914. The van der Waals surface area contributed by atoms with Crippen molar-refractivity contribution in [2.24, 2.45) is 0 Å². The van der Waals surface area contributed by atoms with Crippen molar-refractivity contribution >= 4 is 28.2 Å². The molecule has 0 saturated carbocycles. The first-order valence-corrected chi connectivity index (χ1v) is 9.68. The van der Waals surface area contributed by atoms with E-state index >= 15 is 0 Å². The van der Waals surface area contributed by atoms with Crippen molar-refractivity contribution in [2.45, 2.75) is 20.4 Å². The number of halogens is 1. The van der Waals surface area contributed by atoms with Crippen LogP contribution >= 0.6 is 11.6 Å². The summed E-state index contributed by atoms with van der Waals surface area (Å²) in [5.41, 5.74) is 6.27. The fraction of sp³-hybridized carbons (Fsp3) is 0.318. The zero-order valence-electron chi connectivity index (χ0n) is 15.4. The van der Waals surface area contributed by atoms with E-state index in [1.807, 2.05) is 12.1 Å². The van der Waals surface area contributed by atoms with E-state index in [4.69, 9.17) is 11.6 Å². The summed E-state index contributed by atoms with van der Waals surface area (Å²) < 4.78 is 0. The standard InChI is InChI=1S/C22H24ClN3/c1-16-6-5-9-21(17(16)2)26-12-10-25(11-13-26)15-19-14-18-7-3-4-8-20(18)24-22(19)23/h3-9,14H,10-13,15H2,1-2H3/p+1. The second-order valence-electron chi connectivity index (χ2n) is 7.26. The van der Waals surface area contributed by atoms with Crippen molar-refractivity contribution in [3.8, 4) is 0 Å². The maximum Gasteiger partial charge on any atom is 0.138 e. The molecule has 134 valence electrons. The molecule has 1 saturated heterocycles. The largest absolute Gasteiger partial charge is 0.360 e. The third-order valence-electron chi connectivity index (χ3n) is 5.58. The Balaban J connectivity index is 1.46. The molecule has 1 fully saturated rings. The molecule has 0 aliphatic carbocycles. The van der Waals surface area contributed by atoms with Crippen molar-refractivity contribution < 1.29 is 4.90 Å². The Bertz CT molecular complexity index is 930. The van der Waals surface area contributed by atoms with Crippen LogP contribution in [0.1, 0.15) is 16.7 Å². The molecule has 0 spiro atoms. The lowest BCUT2D eigenvalue weighted by Crippen LogP contribution is -3.13. The Morgan fingerprint density at radius 1 is 1.04 bits per heavy atom. The summed E-state index contributed by atoms with van der Waals surface area (Å²) in [6, 6.07) is 17.0. The highest BCUT2D eigenvalue weighted by Gasteiger charge is 2.22. The van der Waals surface area contributed by atoms with Gasteiger partial charge in [0.15, 0.2) is 0 Å². The average Bonchev–Trinajstić information content (AvgIpc) is 2.65. The molecule has 26 heavy (non-hydrogen) atoms. The third-order valence-corrected chi connectivity index (χ3v) is 5.91. The number of piperazine rings is 1. The van der Waals surface area contributed by atoms with Gasteiger partial charge >= 0.3 is 0 Å². The second kappa shape index (κ2) is 7.26. The second-order valence-corrected chi connectivity index (χ2v) is 7.62. The zero-order valence-corrected chi connectivity index (χ0v) is 16.2. The Morgan fingerprint density at radius 3 is 2.62 bits per heavy atom. The number of aryl methyl sites for hydroxylation is 1. The number of hydrogen-bond acceptors (Lipinski definition) is 2. The topological polar surface area (TPSA) is 20.6 Å². The number of pyridine rings is 1. The quantitative estimate of drug-likeness (QED) is 0.717. The first-order chi connectivity index (χ1) is 12.6. The van der Waals surface area contributed by atoms with Crippen molar-refractivity contribution in [3.05, 3.63) is 70.4 Å². The van der Waals surface area contributed by atoms with Crippen LogP contribution in [0.4, 0.5) is 5.69 Å². The summed E-state index contributed by atoms with van der Waals surface area (Å²) in [6.45, 7) is 9.76. The molecule has 3 nitrogen and oxygen atoms in total. The summed E-state index contributed by atoms with van der Waals surface area (Å²) in [6.07, 6.45) is 0. The number of rotatable bonds is 3. The number of hydrogen-bond donors (Lipinski definition) is 1. The molecule has 0 unspecified atom stereocenters. The van der Waals surface area contributed by atoms with Crippen LogP contribution in [0.2, 0.25) is 5.15 Å². The smallest absolute Gasteiger partial charge is 0.138 e. The molecule has 0 amide bonds. The van der Waals surface area contributed by atoms with Gasteiger partial charge in [-0.15, -0.1) is 0 Å². The lowest BCUT2D eigenvalue weighted by atomic mass is 10.1. The summed E-state index contributed by atoms with van der Waals surface area (Å²) >= 11 is 6.45. The van der Waals surface area contributed by atoms with Gasteiger partial charge in [-0.3, -0.25) is 0 Å². The number of benzene rings is 2. The molecule has 4 rings (SSSR count). The van der Waals surface area contributed by atoms with Crippen LogP contribution in [-0.4, -0.2) is 31.2 Å². The highest BCUT2D eigenvalue weighted by molar-refractivity contribution is 6.30. The van der Waals surface area contributed by atoms with E-state index in [-0.39, 0.29) is 0 Å². The highest BCUT2D eigenvalue weighted by Crippen LogP contribution is 2.23. The van der Waals surface area contributed by atoms with Crippen LogP contribution < -0.4 is 9.80 Å². The van der Waals surface area contributed by atoms with Gasteiger partial charge in [-0.1, -0.05) is 41.9 Å². The fourth-order valence-electron chi connectivity index (χ4n) is 3.85. The van der Waals surface area contributed by atoms with Crippen LogP contribution in [0.15, 0.2) is 48.5 Å². The maximum absolute atomic E-state index is 6.45. The van der Waals surface area contributed by atoms with Gasteiger partial charge < -0.3 is 9.80 Å². The number of anilines is 1. The molecule has 2 aromatic carbocycles. The molecular formula is C22H25ClN3+. The molecule has 4 heteroatoms. The van der Waals surface area contributed by atoms with Crippen molar-refractivity contribution in [3.63, 3.8) is 0 Å². The normalized spacial score (nSPS) is 15.6. The first-order valence-electron chi connectivity index (χ1n) is 9.31. The van der Waals surface area contributed by atoms with E-state index < -0.39 is 0 Å². The first kappa shape index (κ1) is 17.3. The number of para-hydroxylation sites is 1. The predicted molar refractivity (Wildman–Crippen MR) is 109 cm³/mol. The van der Waals surface area contributed by atoms with E-state index in [0.29, 0.717) is 5.15 Å². The summed E-state index contributed by atoms with van der Waals surface area (Å²) in [7, 11) is 0. The minimum absolute atomic E-state index is 0.646. The van der Waals surface area contributed by atoms with Crippen LogP contribution in [-0.2, 0) is 6.54 Å². The molecule has 1 aliphatic rings. The third kappa shape index (κ3) is 3.42. The van der Waals surface area contributed by atoms with E-state index in [1.54, 1.807) is 4.90 Å². The van der Waals surface area contributed by atoms with Crippen LogP contribution in [0, 0.1) is 13.8 Å². The predicted octanol–water partition coefficient (Wildman–Crippen LogP) is 3.41. The van der Waals surface area contributed by atoms with Crippen LogP contribution in [0.5, 0.6) is 0 Å². The van der Waals surface area contributed by atoms with E-state index in [9.17, 15) is 0 Å². The van der Waals surface area contributed by atoms with Gasteiger partial charge in [0.05, 0.1) is 31.7 Å². The summed E-state index contributed by atoms with van der Waals surface area (Å²) in [4.78, 5) is 8.66. The molecular weight excluding hydrogens is 342 g/mol. The maximum atomic E-state index is 6.45. The number of aromatic nitrogens is 1. The van der Waals surface area contributed by atoms with Gasteiger partial charge in [0, 0.05) is 16.6 Å². The molecule has 1 N–H and O–H groups in total. The highest BCUT2D eigenvalue weighted by atomic mass is 35.5. The Labute approximate surface area is 160 Å². The number of nitrogens with zero attached hydrogens (tertiary/aromatic N) is 2. The number of nitrogens with one attached hydrogen (secondary N) is 1. The van der Waals surface area contributed by atoms with Gasteiger partial charge in [-0.25, -0.2) is 4.98 Å². The monoisotopic (exact) mass is 366 g/mol. The molecule has 2 heterocycles. The number of fused-ring (bicyclic) bond motifs is 1. The Morgan fingerprint density at radius 2 is 1.81 bits per heavy atom. The molecule has 1 aliphatic heterocycles.